The zero-order valence-electron chi connectivity index (χ0n) is 15.3. The molecule has 27 heavy (non-hydrogen) atoms. The van der Waals surface area contributed by atoms with E-state index < -0.39 is 10.0 Å². The fourth-order valence-corrected chi connectivity index (χ4v) is 4.33. The first-order valence-corrected chi connectivity index (χ1v) is 10.7. The summed E-state index contributed by atoms with van der Waals surface area (Å²) in [5.74, 6) is -0.000344. The molecule has 2 fully saturated rings. The van der Waals surface area contributed by atoms with Crippen molar-refractivity contribution < 1.29 is 17.9 Å². The van der Waals surface area contributed by atoms with Crippen molar-refractivity contribution in [2.75, 3.05) is 19.7 Å². The van der Waals surface area contributed by atoms with Crippen molar-refractivity contribution in [3.05, 3.63) is 29.8 Å². The van der Waals surface area contributed by atoms with Crippen LogP contribution in [0.1, 0.15) is 37.7 Å². The van der Waals surface area contributed by atoms with Crippen LogP contribution in [-0.4, -0.2) is 46.2 Å². The number of sulfonamides is 1. The van der Waals surface area contributed by atoms with Gasteiger partial charge in [-0.2, -0.15) is 0 Å². The Kier molecular flexibility index (Phi) is 8.50. The van der Waals surface area contributed by atoms with Gasteiger partial charge in [0.2, 0.25) is 15.9 Å². The minimum Gasteiger partial charge on any atom is -0.377 e. The number of hydrogen-bond acceptors (Lipinski definition) is 5. The summed E-state index contributed by atoms with van der Waals surface area (Å²) in [5.41, 5.74) is 0.868. The lowest BCUT2D eigenvalue weighted by Gasteiger charge is -2.22. The number of piperidine rings is 1. The topological polar surface area (TPSA) is 96.5 Å². The fourth-order valence-electron chi connectivity index (χ4n) is 3.27. The number of ether oxygens (including phenoxy) is 1. The first kappa shape index (κ1) is 22.1. The Morgan fingerprint density at radius 3 is 2.56 bits per heavy atom. The largest absolute Gasteiger partial charge is 0.377 e. The number of carbonyl (C=O) groups excluding carboxylic acids is 1. The van der Waals surface area contributed by atoms with E-state index in [1.807, 2.05) is 0 Å². The van der Waals surface area contributed by atoms with Crippen molar-refractivity contribution >= 4 is 28.3 Å². The Labute approximate surface area is 167 Å². The maximum absolute atomic E-state index is 12.3. The molecule has 0 bridgehead atoms. The summed E-state index contributed by atoms with van der Waals surface area (Å²) in [7, 11) is -3.54. The van der Waals surface area contributed by atoms with Crippen LogP contribution < -0.4 is 15.4 Å². The third kappa shape index (κ3) is 6.43. The third-order valence-corrected chi connectivity index (χ3v) is 6.29. The van der Waals surface area contributed by atoms with Crippen LogP contribution in [0.15, 0.2) is 29.2 Å². The Hall–Kier alpha value is -1.19. The van der Waals surface area contributed by atoms with Gasteiger partial charge in [0.05, 0.1) is 17.0 Å². The summed E-state index contributed by atoms with van der Waals surface area (Å²) in [6, 6.07) is 6.48. The minimum absolute atomic E-state index is 0. The molecule has 7 nitrogen and oxygen atoms in total. The molecule has 9 heteroatoms. The smallest absolute Gasteiger partial charge is 0.240 e. The summed E-state index contributed by atoms with van der Waals surface area (Å²) >= 11 is 0. The molecule has 3 rings (SSSR count). The van der Waals surface area contributed by atoms with Crippen LogP contribution in [0.4, 0.5) is 0 Å². The van der Waals surface area contributed by atoms with Gasteiger partial charge in [-0.1, -0.05) is 18.6 Å². The van der Waals surface area contributed by atoms with Crippen molar-refractivity contribution in [1.29, 1.82) is 0 Å². The highest BCUT2D eigenvalue weighted by atomic mass is 35.5. The maximum atomic E-state index is 12.3. The summed E-state index contributed by atoms with van der Waals surface area (Å²) in [6.45, 7) is 2.27. The number of nitrogens with one attached hydrogen (secondary N) is 3. The van der Waals surface area contributed by atoms with Crippen molar-refractivity contribution in [2.45, 2.75) is 55.7 Å². The molecule has 2 aliphatic heterocycles. The van der Waals surface area contributed by atoms with Crippen molar-refractivity contribution in [3.8, 4) is 0 Å². The molecule has 1 amide bonds. The predicted octanol–water partition coefficient (Wildman–Crippen LogP) is 1.32. The van der Waals surface area contributed by atoms with Gasteiger partial charge in [0.15, 0.2) is 0 Å². The van der Waals surface area contributed by atoms with Gasteiger partial charge in [0.1, 0.15) is 0 Å². The highest BCUT2D eigenvalue weighted by Gasteiger charge is 2.21. The summed E-state index contributed by atoms with van der Waals surface area (Å²) in [4.78, 5) is 12.3. The lowest BCUT2D eigenvalue weighted by atomic mass is 10.0. The van der Waals surface area contributed by atoms with Crippen LogP contribution in [0.25, 0.3) is 0 Å². The van der Waals surface area contributed by atoms with Crippen molar-refractivity contribution in [1.82, 2.24) is 15.4 Å². The summed E-state index contributed by atoms with van der Waals surface area (Å²) < 4.78 is 32.7. The van der Waals surface area contributed by atoms with E-state index in [4.69, 9.17) is 4.74 Å². The second kappa shape index (κ2) is 10.4. The van der Waals surface area contributed by atoms with Gasteiger partial charge in [-0.05, 0) is 49.9 Å². The number of amides is 1. The van der Waals surface area contributed by atoms with Crippen LogP contribution in [-0.2, 0) is 26.1 Å². The highest BCUT2D eigenvalue weighted by Crippen LogP contribution is 2.14. The first-order valence-electron chi connectivity index (χ1n) is 9.26. The minimum atomic E-state index is -3.54. The Morgan fingerprint density at radius 1 is 1.15 bits per heavy atom. The fraction of sp³-hybridized carbons (Fsp3) is 0.611. The van der Waals surface area contributed by atoms with Crippen molar-refractivity contribution in [2.24, 2.45) is 0 Å². The number of benzene rings is 1. The van der Waals surface area contributed by atoms with Crippen LogP contribution >= 0.6 is 12.4 Å². The summed E-state index contributed by atoms with van der Waals surface area (Å²) in [5, 5.41) is 6.12. The Morgan fingerprint density at radius 2 is 1.93 bits per heavy atom. The van der Waals surface area contributed by atoms with E-state index >= 15 is 0 Å². The molecule has 2 unspecified atom stereocenters. The average molecular weight is 418 g/mol. The number of carbonyl (C=O) groups is 1. The standard InChI is InChI=1S/C18H27N3O4S.ClH/c22-18(17-5-1-2-10-19-17)20-12-14-6-8-16(9-7-14)26(23,24)21-13-15-4-3-11-25-15;/h6-9,15,17,19,21H,1-5,10-13H2,(H,20,22);1H. The van der Waals surface area contributed by atoms with Crippen LogP contribution in [0.2, 0.25) is 0 Å². The molecule has 1 aromatic rings. The van der Waals surface area contributed by atoms with Gasteiger partial charge < -0.3 is 15.4 Å². The molecular formula is C18H28ClN3O4S. The lowest BCUT2D eigenvalue weighted by Crippen LogP contribution is -2.46. The second-order valence-corrected chi connectivity index (χ2v) is 8.62. The van der Waals surface area contributed by atoms with Crippen LogP contribution in [0.3, 0.4) is 0 Å². The van der Waals surface area contributed by atoms with Crippen molar-refractivity contribution in [3.63, 3.8) is 0 Å². The maximum Gasteiger partial charge on any atom is 0.240 e. The Bertz CT molecular complexity index is 700. The SMILES string of the molecule is Cl.O=C(NCc1ccc(S(=O)(=O)NCC2CCCO2)cc1)C1CCCCN1. The molecule has 0 aliphatic carbocycles. The number of hydrogen-bond donors (Lipinski definition) is 3. The predicted molar refractivity (Wildman–Crippen MR) is 105 cm³/mol. The van der Waals surface area contributed by atoms with Gasteiger partial charge in [-0.3, -0.25) is 4.79 Å². The first-order chi connectivity index (χ1) is 12.5. The van der Waals surface area contributed by atoms with E-state index in [1.54, 1.807) is 24.3 Å². The van der Waals surface area contributed by atoms with E-state index in [9.17, 15) is 13.2 Å². The number of halogens is 1. The van der Waals surface area contributed by atoms with Gasteiger partial charge in [0.25, 0.3) is 0 Å². The van der Waals surface area contributed by atoms with Crippen LogP contribution in [0, 0.1) is 0 Å². The molecule has 0 saturated carbocycles. The molecule has 2 saturated heterocycles. The molecule has 2 aliphatic rings. The van der Waals surface area contributed by atoms with E-state index in [1.165, 1.54) is 0 Å². The summed E-state index contributed by atoms with van der Waals surface area (Å²) in [6.07, 6.45) is 4.86. The van der Waals surface area contributed by atoms with E-state index in [-0.39, 0.29) is 35.4 Å². The molecule has 1 aromatic carbocycles. The third-order valence-electron chi connectivity index (χ3n) is 4.85. The van der Waals surface area contributed by atoms with Gasteiger partial charge >= 0.3 is 0 Å². The van der Waals surface area contributed by atoms with E-state index in [2.05, 4.69) is 15.4 Å². The second-order valence-electron chi connectivity index (χ2n) is 6.85. The average Bonchev–Trinajstić information content (AvgIpc) is 3.19. The van der Waals surface area contributed by atoms with Crippen LogP contribution in [0.5, 0.6) is 0 Å². The zero-order chi connectivity index (χ0) is 18.4. The monoisotopic (exact) mass is 417 g/mol. The van der Waals surface area contributed by atoms with Gasteiger partial charge in [-0.25, -0.2) is 13.1 Å². The van der Waals surface area contributed by atoms with Gasteiger partial charge in [0, 0.05) is 19.7 Å². The molecular weight excluding hydrogens is 390 g/mol. The molecule has 0 aromatic heterocycles. The molecule has 0 spiro atoms. The lowest BCUT2D eigenvalue weighted by molar-refractivity contribution is -0.123. The molecule has 2 heterocycles. The van der Waals surface area contributed by atoms with E-state index in [0.717, 1.165) is 44.2 Å². The molecule has 3 N–H and O–H groups in total. The molecule has 152 valence electrons. The Balaban J connectivity index is 0.00000261. The van der Waals surface area contributed by atoms with Gasteiger partial charge in [-0.15, -0.1) is 12.4 Å². The zero-order valence-corrected chi connectivity index (χ0v) is 16.9. The van der Waals surface area contributed by atoms with E-state index in [0.29, 0.717) is 19.7 Å². The number of rotatable bonds is 7. The molecule has 2 atom stereocenters. The normalized spacial score (nSPS) is 22.8. The quantitative estimate of drug-likeness (QED) is 0.621. The molecule has 0 radical (unpaired) electrons. The highest BCUT2D eigenvalue weighted by molar-refractivity contribution is 7.89.